The van der Waals surface area contributed by atoms with Crippen LogP contribution in [0.4, 0.5) is 17.3 Å². The van der Waals surface area contributed by atoms with Crippen molar-refractivity contribution in [2.75, 3.05) is 10.2 Å². The average molecular weight is 394 g/mol. The summed E-state index contributed by atoms with van der Waals surface area (Å²) in [6.07, 6.45) is 3.13. The van der Waals surface area contributed by atoms with Crippen LogP contribution in [0.2, 0.25) is 0 Å². The van der Waals surface area contributed by atoms with E-state index in [1.807, 2.05) is 84.6 Å². The first-order chi connectivity index (χ1) is 14.7. The Labute approximate surface area is 176 Å². The lowest BCUT2D eigenvalue weighted by Crippen LogP contribution is -2.20. The zero-order chi connectivity index (χ0) is 20.8. The van der Waals surface area contributed by atoms with E-state index in [-0.39, 0.29) is 5.91 Å². The SMILES string of the molecule is Cc1cccc(NC(=O)c2cnc(N(Cc3ccccc3)c3ccccc3)nc2)c1. The molecule has 0 spiro atoms. The highest BCUT2D eigenvalue weighted by Crippen LogP contribution is 2.24. The number of hydrogen-bond donors (Lipinski definition) is 1. The predicted octanol–water partition coefficient (Wildman–Crippen LogP) is 5.38. The number of nitrogens with one attached hydrogen (secondary N) is 1. The number of nitrogens with zero attached hydrogens (tertiary/aromatic N) is 3. The van der Waals surface area contributed by atoms with Crippen molar-refractivity contribution in [2.45, 2.75) is 13.5 Å². The van der Waals surface area contributed by atoms with Gasteiger partial charge in [0.1, 0.15) is 0 Å². The van der Waals surface area contributed by atoms with Gasteiger partial charge in [0.05, 0.1) is 12.1 Å². The van der Waals surface area contributed by atoms with Gasteiger partial charge in [-0.3, -0.25) is 4.79 Å². The van der Waals surface area contributed by atoms with E-state index in [1.165, 1.54) is 0 Å². The van der Waals surface area contributed by atoms with E-state index in [2.05, 4.69) is 27.4 Å². The van der Waals surface area contributed by atoms with Crippen LogP contribution in [-0.4, -0.2) is 15.9 Å². The van der Waals surface area contributed by atoms with Crippen molar-refractivity contribution in [3.8, 4) is 0 Å². The number of rotatable bonds is 6. The molecule has 5 heteroatoms. The molecule has 4 aromatic rings. The molecule has 4 rings (SSSR count). The smallest absolute Gasteiger partial charge is 0.258 e. The second kappa shape index (κ2) is 9.01. The fourth-order valence-corrected chi connectivity index (χ4v) is 3.16. The number of carbonyl (C=O) groups excluding carboxylic acids is 1. The maximum atomic E-state index is 12.6. The zero-order valence-electron chi connectivity index (χ0n) is 16.7. The molecule has 1 amide bonds. The number of para-hydroxylation sites is 1. The normalized spacial score (nSPS) is 10.4. The molecule has 0 radical (unpaired) electrons. The van der Waals surface area contributed by atoms with Crippen LogP contribution in [0.3, 0.4) is 0 Å². The number of hydrogen-bond acceptors (Lipinski definition) is 4. The summed E-state index contributed by atoms with van der Waals surface area (Å²) in [5.74, 6) is 0.304. The van der Waals surface area contributed by atoms with Gasteiger partial charge < -0.3 is 10.2 Å². The van der Waals surface area contributed by atoms with Crippen molar-refractivity contribution >= 4 is 23.2 Å². The maximum Gasteiger partial charge on any atom is 0.258 e. The number of amides is 1. The Bertz CT molecular complexity index is 1110. The van der Waals surface area contributed by atoms with Gasteiger partial charge >= 0.3 is 0 Å². The van der Waals surface area contributed by atoms with Crippen LogP contribution in [0, 0.1) is 6.92 Å². The summed E-state index contributed by atoms with van der Waals surface area (Å²) < 4.78 is 0. The fourth-order valence-electron chi connectivity index (χ4n) is 3.16. The molecule has 0 bridgehead atoms. The van der Waals surface area contributed by atoms with Crippen molar-refractivity contribution < 1.29 is 4.79 Å². The van der Waals surface area contributed by atoms with Gasteiger partial charge in [-0.05, 0) is 42.3 Å². The van der Waals surface area contributed by atoms with Gasteiger partial charge in [-0.15, -0.1) is 0 Å². The summed E-state index contributed by atoms with van der Waals surface area (Å²) in [6, 6.07) is 27.8. The molecule has 3 aromatic carbocycles. The van der Waals surface area contributed by atoms with Gasteiger partial charge in [-0.1, -0.05) is 60.7 Å². The molecule has 0 aliphatic carbocycles. The molecule has 0 atom stereocenters. The van der Waals surface area contributed by atoms with E-state index in [0.717, 1.165) is 22.5 Å². The Balaban J connectivity index is 1.57. The van der Waals surface area contributed by atoms with Crippen LogP contribution in [-0.2, 0) is 6.54 Å². The lowest BCUT2D eigenvalue weighted by molar-refractivity contribution is 0.102. The molecule has 0 aliphatic heterocycles. The molecule has 1 aromatic heterocycles. The predicted molar refractivity (Wildman–Crippen MR) is 120 cm³/mol. The summed E-state index contributed by atoms with van der Waals surface area (Å²) in [6.45, 7) is 2.61. The minimum atomic E-state index is -0.235. The highest BCUT2D eigenvalue weighted by atomic mass is 16.1. The molecule has 0 aliphatic rings. The van der Waals surface area contributed by atoms with E-state index in [4.69, 9.17) is 0 Å². The van der Waals surface area contributed by atoms with Gasteiger partial charge in [0.25, 0.3) is 5.91 Å². The number of benzene rings is 3. The Morgan fingerprint density at radius 3 is 2.20 bits per heavy atom. The molecule has 148 valence electrons. The molecular weight excluding hydrogens is 372 g/mol. The van der Waals surface area contributed by atoms with Crippen LogP contribution < -0.4 is 10.2 Å². The quantitative estimate of drug-likeness (QED) is 0.477. The van der Waals surface area contributed by atoms with Gasteiger partial charge in [0.2, 0.25) is 5.95 Å². The third kappa shape index (κ3) is 4.70. The van der Waals surface area contributed by atoms with Crippen LogP contribution in [0.15, 0.2) is 97.3 Å². The van der Waals surface area contributed by atoms with Crippen LogP contribution in [0.5, 0.6) is 0 Å². The lowest BCUT2D eigenvalue weighted by atomic mass is 10.2. The third-order valence-electron chi connectivity index (χ3n) is 4.67. The highest BCUT2D eigenvalue weighted by molar-refractivity contribution is 6.03. The molecule has 1 heterocycles. The minimum Gasteiger partial charge on any atom is -0.322 e. The maximum absolute atomic E-state index is 12.6. The first-order valence-electron chi connectivity index (χ1n) is 9.75. The number of aryl methyl sites for hydroxylation is 1. The van der Waals surface area contributed by atoms with E-state index in [1.54, 1.807) is 12.4 Å². The van der Waals surface area contributed by atoms with E-state index < -0.39 is 0 Å². The van der Waals surface area contributed by atoms with Crippen LogP contribution in [0.25, 0.3) is 0 Å². The number of aromatic nitrogens is 2. The molecule has 0 saturated heterocycles. The number of anilines is 3. The topological polar surface area (TPSA) is 58.1 Å². The summed E-state index contributed by atoms with van der Waals surface area (Å²) in [7, 11) is 0. The second-order valence-electron chi connectivity index (χ2n) is 7.00. The average Bonchev–Trinajstić information content (AvgIpc) is 2.79. The van der Waals surface area contributed by atoms with Crippen molar-refractivity contribution in [1.29, 1.82) is 0 Å². The summed E-state index contributed by atoms with van der Waals surface area (Å²) in [5, 5.41) is 2.89. The Hall–Kier alpha value is -3.99. The van der Waals surface area contributed by atoms with Gasteiger partial charge in [0.15, 0.2) is 0 Å². The molecule has 5 nitrogen and oxygen atoms in total. The van der Waals surface area contributed by atoms with E-state index in [0.29, 0.717) is 18.1 Å². The first kappa shape index (κ1) is 19.3. The molecule has 30 heavy (non-hydrogen) atoms. The van der Waals surface area contributed by atoms with Crippen molar-refractivity contribution in [3.63, 3.8) is 0 Å². The summed E-state index contributed by atoms with van der Waals surface area (Å²) in [4.78, 5) is 23.6. The third-order valence-corrected chi connectivity index (χ3v) is 4.67. The Kier molecular flexibility index (Phi) is 5.80. The Morgan fingerprint density at radius 1 is 0.867 bits per heavy atom. The van der Waals surface area contributed by atoms with Gasteiger partial charge in [0, 0.05) is 23.8 Å². The lowest BCUT2D eigenvalue weighted by Gasteiger charge is -2.23. The van der Waals surface area contributed by atoms with E-state index >= 15 is 0 Å². The minimum absolute atomic E-state index is 0.235. The van der Waals surface area contributed by atoms with Gasteiger partial charge in [-0.25, -0.2) is 9.97 Å². The van der Waals surface area contributed by atoms with E-state index in [9.17, 15) is 4.79 Å². The molecule has 0 saturated carbocycles. The second-order valence-corrected chi connectivity index (χ2v) is 7.00. The molecule has 1 N–H and O–H groups in total. The molecule has 0 fully saturated rings. The monoisotopic (exact) mass is 394 g/mol. The number of carbonyl (C=O) groups is 1. The fraction of sp³-hybridized carbons (Fsp3) is 0.0800. The first-order valence-corrected chi connectivity index (χ1v) is 9.75. The molecular formula is C25H22N4O. The Morgan fingerprint density at radius 2 is 1.53 bits per heavy atom. The van der Waals surface area contributed by atoms with Crippen molar-refractivity contribution in [2.24, 2.45) is 0 Å². The van der Waals surface area contributed by atoms with Crippen LogP contribution >= 0.6 is 0 Å². The molecule has 0 unspecified atom stereocenters. The summed E-state index contributed by atoms with van der Waals surface area (Å²) in [5.41, 5.74) is 4.37. The van der Waals surface area contributed by atoms with Crippen LogP contribution in [0.1, 0.15) is 21.5 Å². The largest absolute Gasteiger partial charge is 0.322 e. The van der Waals surface area contributed by atoms with Crippen molar-refractivity contribution in [1.82, 2.24) is 9.97 Å². The summed E-state index contributed by atoms with van der Waals surface area (Å²) >= 11 is 0. The van der Waals surface area contributed by atoms with Crippen molar-refractivity contribution in [3.05, 3.63) is 114 Å². The highest BCUT2D eigenvalue weighted by Gasteiger charge is 2.14. The zero-order valence-corrected chi connectivity index (χ0v) is 16.7. The van der Waals surface area contributed by atoms with Gasteiger partial charge in [-0.2, -0.15) is 0 Å². The standard InChI is InChI=1S/C25H22N4O/c1-19-9-8-12-22(15-19)28-24(30)21-16-26-25(27-17-21)29(23-13-6-3-7-14-23)18-20-10-4-2-5-11-20/h2-17H,18H2,1H3,(H,28,30).